The summed E-state index contributed by atoms with van der Waals surface area (Å²) in [6, 6.07) is 8.76. The summed E-state index contributed by atoms with van der Waals surface area (Å²) in [7, 11) is -2.10. The SMILES string of the molecule is CCN(c1cc2nn(-c3ccc(F)cc3)c(C(=O)NC)c2cc1/C=C\CO)S(C)(=O)=O. The number of fused-ring (bicyclic) bond motifs is 1. The number of aromatic nitrogens is 2. The maximum atomic E-state index is 13.4. The van der Waals surface area contributed by atoms with Gasteiger partial charge in [0.1, 0.15) is 11.5 Å². The van der Waals surface area contributed by atoms with Crippen molar-refractivity contribution in [2.24, 2.45) is 0 Å². The molecule has 0 unspecified atom stereocenters. The van der Waals surface area contributed by atoms with Gasteiger partial charge in [-0.2, -0.15) is 5.10 Å². The van der Waals surface area contributed by atoms with Crippen molar-refractivity contribution < 1.29 is 22.7 Å². The zero-order chi connectivity index (χ0) is 22.8. The first-order valence-electron chi connectivity index (χ1n) is 9.51. The van der Waals surface area contributed by atoms with Crippen molar-refractivity contribution in [2.45, 2.75) is 6.92 Å². The quantitative estimate of drug-likeness (QED) is 0.580. The van der Waals surface area contributed by atoms with Crippen LogP contribution in [0.2, 0.25) is 0 Å². The molecule has 0 spiro atoms. The van der Waals surface area contributed by atoms with Gasteiger partial charge in [0.2, 0.25) is 10.0 Å². The van der Waals surface area contributed by atoms with E-state index in [1.54, 1.807) is 25.1 Å². The number of hydrogen-bond acceptors (Lipinski definition) is 5. The van der Waals surface area contributed by atoms with Crippen LogP contribution in [0.25, 0.3) is 22.7 Å². The van der Waals surface area contributed by atoms with Gasteiger partial charge in [0, 0.05) is 19.0 Å². The maximum Gasteiger partial charge on any atom is 0.270 e. The van der Waals surface area contributed by atoms with Crippen molar-refractivity contribution >= 4 is 38.6 Å². The lowest BCUT2D eigenvalue weighted by Gasteiger charge is -2.22. The van der Waals surface area contributed by atoms with Crippen molar-refractivity contribution in [3.05, 3.63) is 59.5 Å². The number of nitrogens with zero attached hydrogens (tertiary/aromatic N) is 3. The van der Waals surface area contributed by atoms with E-state index in [1.165, 1.54) is 46.4 Å². The van der Waals surface area contributed by atoms with Gasteiger partial charge in [-0.15, -0.1) is 0 Å². The van der Waals surface area contributed by atoms with Crippen LogP contribution in [0.5, 0.6) is 0 Å². The molecule has 0 fully saturated rings. The molecule has 10 heteroatoms. The van der Waals surface area contributed by atoms with E-state index < -0.39 is 21.7 Å². The number of hydrogen-bond donors (Lipinski definition) is 2. The number of amides is 1. The minimum atomic E-state index is -3.58. The topological polar surface area (TPSA) is 105 Å². The number of rotatable bonds is 7. The molecule has 3 rings (SSSR count). The standard InChI is InChI=1S/C21H23FN4O4S/c1-4-25(31(3,29)30)19-13-18-17(12-14(19)6-5-11-27)20(21(28)23-2)26(24-18)16-9-7-15(22)8-10-16/h5-10,12-13,27H,4,11H2,1-3H3,(H,23,28)/b6-5-. The largest absolute Gasteiger partial charge is 0.392 e. The lowest BCUT2D eigenvalue weighted by molar-refractivity contribution is 0.0957. The summed E-state index contributed by atoms with van der Waals surface area (Å²) >= 11 is 0. The monoisotopic (exact) mass is 446 g/mol. The van der Waals surface area contributed by atoms with E-state index >= 15 is 0 Å². The van der Waals surface area contributed by atoms with Gasteiger partial charge in [0.15, 0.2) is 0 Å². The number of halogens is 1. The first kappa shape index (κ1) is 22.4. The summed E-state index contributed by atoms with van der Waals surface area (Å²) in [6.45, 7) is 1.66. The third kappa shape index (κ3) is 4.44. The van der Waals surface area contributed by atoms with Crippen LogP contribution in [-0.2, 0) is 10.0 Å². The fourth-order valence-electron chi connectivity index (χ4n) is 3.36. The van der Waals surface area contributed by atoms with E-state index in [1.807, 2.05) is 0 Å². The molecule has 0 saturated heterocycles. The van der Waals surface area contributed by atoms with Crippen molar-refractivity contribution in [3.8, 4) is 5.69 Å². The van der Waals surface area contributed by atoms with Crippen LogP contribution in [0.15, 0.2) is 42.5 Å². The van der Waals surface area contributed by atoms with E-state index in [2.05, 4.69) is 10.4 Å². The van der Waals surface area contributed by atoms with E-state index in [0.29, 0.717) is 27.8 Å². The number of aliphatic hydroxyl groups is 1. The lowest BCUT2D eigenvalue weighted by atomic mass is 10.1. The molecule has 31 heavy (non-hydrogen) atoms. The second kappa shape index (κ2) is 8.86. The predicted octanol–water partition coefficient (Wildman–Crippen LogP) is 2.32. The highest BCUT2D eigenvalue weighted by molar-refractivity contribution is 7.92. The third-order valence-corrected chi connectivity index (χ3v) is 5.95. The number of nitrogens with one attached hydrogen (secondary N) is 1. The molecular weight excluding hydrogens is 423 g/mol. The van der Waals surface area contributed by atoms with E-state index in [0.717, 1.165) is 6.26 Å². The third-order valence-electron chi connectivity index (χ3n) is 4.69. The molecule has 0 aliphatic heterocycles. The van der Waals surface area contributed by atoms with Crippen LogP contribution in [0, 0.1) is 5.82 Å². The lowest BCUT2D eigenvalue weighted by Crippen LogP contribution is -2.30. The van der Waals surface area contributed by atoms with Crippen molar-refractivity contribution in [2.75, 3.05) is 30.8 Å². The van der Waals surface area contributed by atoms with Crippen LogP contribution >= 0.6 is 0 Å². The molecule has 1 aromatic heterocycles. The van der Waals surface area contributed by atoms with Gasteiger partial charge in [-0.25, -0.2) is 17.5 Å². The molecular formula is C21H23FN4O4S. The second-order valence-electron chi connectivity index (χ2n) is 6.76. The minimum Gasteiger partial charge on any atom is -0.392 e. The van der Waals surface area contributed by atoms with Crippen molar-refractivity contribution in [3.63, 3.8) is 0 Å². The van der Waals surface area contributed by atoms with Gasteiger partial charge in [-0.1, -0.05) is 12.2 Å². The normalized spacial score (nSPS) is 11.9. The second-order valence-corrected chi connectivity index (χ2v) is 8.66. The number of anilines is 1. The molecule has 0 radical (unpaired) electrons. The van der Waals surface area contributed by atoms with Crippen LogP contribution in [0.4, 0.5) is 10.1 Å². The Balaban J connectivity index is 2.37. The van der Waals surface area contributed by atoms with Crippen LogP contribution in [0.3, 0.4) is 0 Å². The van der Waals surface area contributed by atoms with Crippen molar-refractivity contribution in [1.82, 2.24) is 15.1 Å². The Hall–Kier alpha value is -3.24. The predicted molar refractivity (Wildman–Crippen MR) is 118 cm³/mol. The van der Waals surface area contributed by atoms with Gasteiger partial charge in [0.05, 0.1) is 29.8 Å². The van der Waals surface area contributed by atoms with Crippen LogP contribution in [0.1, 0.15) is 23.0 Å². The van der Waals surface area contributed by atoms with Gasteiger partial charge in [-0.3, -0.25) is 9.10 Å². The van der Waals surface area contributed by atoms with E-state index in [-0.39, 0.29) is 18.8 Å². The molecule has 0 atom stereocenters. The first-order chi connectivity index (χ1) is 14.7. The summed E-state index contributed by atoms with van der Waals surface area (Å²) in [5.41, 5.74) is 1.95. The van der Waals surface area contributed by atoms with Gasteiger partial charge >= 0.3 is 0 Å². The number of sulfonamides is 1. The van der Waals surface area contributed by atoms with Crippen molar-refractivity contribution in [1.29, 1.82) is 0 Å². The molecule has 1 amide bonds. The fourth-order valence-corrected chi connectivity index (χ4v) is 4.34. The molecule has 0 aliphatic rings. The average molecular weight is 447 g/mol. The van der Waals surface area contributed by atoms with Crippen LogP contribution in [-0.4, -0.2) is 55.7 Å². The molecule has 0 saturated carbocycles. The van der Waals surface area contributed by atoms with Gasteiger partial charge in [-0.05, 0) is 48.9 Å². The fraction of sp³-hybridized carbons (Fsp3) is 0.238. The van der Waals surface area contributed by atoms with Gasteiger partial charge in [0.25, 0.3) is 5.91 Å². The highest BCUT2D eigenvalue weighted by Crippen LogP contribution is 2.32. The van der Waals surface area contributed by atoms with Crippen LogP contribution < -0.4 is 9.62 Å². The smallest absolute Gasteiger partial charge is 0.270 e. The molecule has 2 N–H and O–H groups in total. The summed E-state index contributed by atoms with van der Waals surface area (Å²) < 4.78 is 40.7. The Labute approximate surface area is 179 Å². The summed E-state index contributed by atoms with van der Waals surface area (Å²) in [6.07, 6.45) is 4.17. The molecule has 0 bridgehead atoms. The molecule has 8 nitrogen and oxygen atoms in total. The van der Waals surface area contributed by atoms with E-state index in [4.69, 9.17) is 0 Å². The maximum absolute atomic E-state index is 13.4. The molecule has 164 valence electrons. The number of carbonyl (C=O) groups excluding carboxylic acids is 1. The zero-order valence-electron chi connectivity index (χ0n) is 17.3. The molecule has 3 aromatic rings. The first-order valence-corrected chi connectivity index (χ1v) is 11.4. The number of benzene rings is 2. The highest BCUT2D eigenvalue weighted by atomic mass is 32.2. The Morgan fingerprint density at radius 3 is 2.52 bits per heavy atom. The Bertz CT molecular complexity index is 1250. The summed E-state index contributed by atoms with van der Waals surface area (Å²) in [4.78, 5) is 12.7. The number of carbonyl (C=O) groups is 1. The summed E-state index contributed by atoms with van der Waals surface area (Å²) in [5.74, 6) is -0.834. The Morgan fingerprint density at radius 1 is 1.29 bits per heavy atom. The Morgan fingerprint density at radius 2 is 1.97 bits per heavy atom. The summed E-state index contributed by atoms with van der Waals surface area (Å²) in [5, 5.41) is 16.8. The average Bonchev–Trinajstić information content (AvgIpc) is 3.09. The highest BCUT2D eigenvalue weighted by Gasteiger charge is 2.24. The Kier molecular flexibility index (Phi) is 6.42. The van der Waals surface area contributed by atoms with Gasteiger partial charge < -0.3 is 10.4 Å². The number of aliphatic hydroxyl groups excluding tert-OH is 1. The molecule has 1 heterocycles. The zero-order valence-corrected chi connectivity index (χ0v) is 18.1. The van der Waals surface area contributed by atoms with E-state index in [9.17, 15) is 22.7 Å². The minimum absolute atomic E-state index is 0.186. The molecule has 2 aromatic carbocycles. The molecule has 0 aliphatic carbocycles.